The van der Waals surface area contributed by atoms with E-state index in [-0.39, 0.29) is 0 Å². The molecule has 2 aromatic rings. The van der Waals surface area contributed by atoms with Gasteiger partial charge in [-0.15, -0.1) is 0 Å². The van der Waals surface area contributed by atoms with E-state index in [4.69, 9.17) is 11.6 Å². The average molecular weight is 206 g/mol. The molecule has 1 aromatic heterocycles. The van der Waals surface area contributed by atoms with Gasteiger partial charge in [-0.25, -0.2) is 0 Å². The molecule has 0 saturated heterocycles. The molecular weight excluding hydrogens is 198 g/mol. The highest BCUT2D eigenvalue weighted by Crippen LogP contribution is 2.18. The summed E-state index contributed by atoms with van der Waals surface area (Å²) in [4.78, 5) is 13.6. The molecule has 1 heterocycles. The lowest BCUT2D eigenvalue weighted by Gasteiger charge is -1.89. The quantitative estimate of drug-likeness (QED) is 0.594. The summed E-state index contributed by atoms with van der Waals surface area (Å²) in [5.41, 5.74) is 2.02. The summed E-state index contributed by atoms with van der Waals surface area (Å²) in [5, 5.41) is 0.622. The zero-order valence-electron chi connectivity index (χ0n) is 7.33. The van der Waals surface area contributed by atoms with Crippen LogP contribution in [-0.4, -0.2) is 10.2 Å². The number of carbonyl (C=O) groups excluding carboxylic acids is 1. The van der Waals surface area contributed by atoms with Crippen molar-refractivity contribution in [3.8, 4) is 0 Å². The molecule has 0 aliphatic carbocycles. The lowest BCUT2D eigenvalue weighted by atomic mass is 10.2. The third-order valence-corrected chi connectivity index (χ3v) is 2.14. The van der Waals surface area contributed by atoms with Crippen molar-refractivity contribution in [3.05, 3.63) is 42.1 Å². The van der Waals surface area contributed by atoms with Crippen LogP contribution in [-0.2, 0) is 4.79 Å². The maximum absolute atomic E-state index is 10.5. The van der Waals surface area contributed by atoms with E-state index in [0.29, 0.717) is 0 Å². The van der Waals surface area contributed by atoms with Crippen molar-refractivity contribution in [2.24, 2.45) is 0 Å². The monoisotopic (exact) mass is 205 g/mol. The molecule has 0 bridgehead atoms. The molecule has 0 spiro atoms. The zero-order chi connectivity index (χ0) is 9.97. The first-order valence-electron chi connectivity index (χ1n) is 4.21. The zero-order valence-corrected chi connectivity index (χ0v) is 8.08. The number of carbonyl (C=O) groups is 1. The summed E-state index contributed by atoms with van der Waals surface area (Å²) in [6.45, 7) is 0. The van der Waals surface area contributed by atoms with Gasteiger partial charge in [0.1, 0.15) is 0 Å². The summed E-state index contributed by atoms with van der Waals surface area (Å²) in [6, 6.07) is 7.88. The van der Waals surface area contributed by atoms with E-state index >= 15 is 0 Å². The number of nitrogens with one attached hydrogen (secondary N) is 1. The van der Waals surface area contributed by atoms with Crippen molar-refractivity contribution in [1.29, 1.82) is 0 Å². The molecule has 2 rings (SSSR count). The molecule has 0 fully saturated rings. The number of hydrogen-bond acceptors (Lipinski definition) is 1. The van der Waals surface area contributed by atoms with E-state index in [1.54, 1.807) is 6.08 Å². The number of benzene rings is 1. The van der Waals surface area contributed by atoms with Crippen molar-refractivity contribution >= 4 is 33.8 Å². The largest absolute Gasteiger partial charge is 0.361 e. The van der Waals surface area contributed by atoms with Crippen molar-refractivity contribution in [2.75, 3.05) is 0 Å². The van der Waals surface area contributed by atoms with Gasteiger partial charge in [-0.05, 0) is 35.4 Å². The average Bonchev–Trinajstić information content (AvgIpc) is 2.58. The van der Waals surface area contributed by atoms with Crippen LogP contribution >= 0.6 is 11.6 Å². The molecule has 0 atom stereocenters. The Balaban J connectivity index is 2.48. The Labute approximate surface area is 86.2 Å². The highest BCUT2D eigenvalue weighted by atomic mass is 35.5. The molecule has 0 radical (unpaired) electrons. The topological polar surface area (TPSA) is 32.9 Å². The second-order valence-corrected chi connectivity index (χ2v) is 3.30. The minimum atomic E-state index is -0.463. The molecule has 2 nitrogen and oxygen atoms in total. The van der Waals surface area contributed by atoms with E-state index in [0.717, 1.165) is 16.5 Å². The lowest BCUT2D eigenvalue weighted by molar-refractivity contribution is -0.107. The normalized spacial score (nSPS) is 11.2. The fraction of sp³-hybridized carbons (Fsp3) is 0. The number of rotatable bonds is 2. The number of allylic oxidation sites excluding steroid dienone is 1. The highest BCUT2D eigenvalue weighted by molar-refractivity contribution is 6.66. The van der Waals surface area contributed by atoms with Gasteiger partial charge >= 0.3 is 0 Å². The van der Waals surface area contributed by atoms with Crippen molar-refractivity contribution < 1.29 is 4.79 Å². The summed E-state index contributed by atoms with van der Waals surface area (Å²) >= 11 is 5.21. The molecule has 0 saturated carbocycles. The number of para-hydroxylation sites is 1. The highest BCUT2D eigenvalue weighted by Gasteiger charge is 1.98. The number of aromatic amines is 1. The number of H-pyrrole nitrogens is 1. The maximum atomic E-state index is 10.5. The smallest absolute Gasteiger partial charge is 0.245 e. The van der Waals surface area contributed by atoms with E-state index in [9.17, 15) is 4.79 Å². The van der Waals surface area contributed by atoms with Crippen molar-refractivity contribution in [3.63, 3.8) is 0 Å². The molecule has 0 aliphatic rings. The fourth-order valence-electron chi connectivity index (χ4n) is 1.39. The van der Waals surface area contributed by atoms with Gasteiger partial charge in [-0.3, -0.25) is 4.79 Å². The maximum Gasteiger partial charge on any atom is 0.245 e. The SMILES string of the molecule is O=C(Cl)/C=C/c1c[nH]c2ccccc12. The van der Waals surface area contributed by atoms with Crippen LogP contribution in [0.5, 0.6) is 0 Å². The van der Waals surface area contributed by atoms with Gasteiger partial charge in [0.2, 0.25) is 5.24 Å². The van der Waals surface area contributed by atoms with Crippen LogP contribution in [0.15, 0.2) is 36.5 Å². The van der Waals surface area contributed by atoms with Crippen LogP contribution in [0.4, 0.5) is 0 Å². The van der Waals surface area contributed by atoms with Gasteiger partial charge < -0.3 is 4.98 Å². The van der Waals surface area contributed by atoms with Gasteiger partial charge in [0.05, 0.1) is 0 Å². The summed E-state index contributed by atoms with van der Waals surface area (Å²) in [7, 11) is 0. The minimum absolute atomic E-state index is 0.463. The third-order valence-electron chi connectivity index (χ3n) is 2.02. The Morgan fingerprint density at radius 3 is 2.93 bits per heavy atom. The second-order valence-electron chi connectivity index (χ2n) is 2.93. The lowest BCUT2D eigenvalue weighted by Crippen LogP contribution is -1.74. The Hall–Kier alpha value is -1.54. The van der Waals surface area contributed by atoms with Crippen LogP contribution in [0.1, 0.15) is 5.56 Å². The van der Waals surface area contributed by atoms with Crippen LogP contribution in [0.2, 0.25) is 0 Å². The first-order chi connectivity index (χ1) is 6.77. The Bertz CT molecular complexity index is 499. The standard InChI is InChI=1S/C11H8ClNO/c12-11(14)6-5-8-7-13-10-4-2-1-3-9(8)10/h1-7,13H/b6-5+. The number of fused-ring (bicyclic) bond motifs is 1. The second kappa shape index (κ2) is 3.68. The first-order valence-corrected chi connectivity index (χ1v) is 4.59. The van der Waals surface area contributed by atoms with E-state index in [2.05, 4.69) is 4.98 Å². The molecule has 70 valence electrons. The summed E-state index contributed by atoms with van der Waals surface area (Å²) in [6.07, 6.45) is 4.90. The minimum Gasteiger partial charge on any atom is -0.361 e. The number of halogens is 1. The van der Waals surface area contributed by atoms with Gasteiger partial charge in [0.25, 0.3) is 0 Å². The van der Waals surface area contributed by atoms with Gasteiger partial charge in [0, 0.05) is 17.1 Å². The van der Waals surface area contributed by atoms with Gasteiger partial charge in [-0.2, -0.15) is 0 Å². The predicted molar refractivity (Wildman–Crippen MR) is 58.2 cm³/mol. The van der Waals surface area contributed by atoms with Crippen LogP contribution in [0.25, 0.3) is 17.0 Å². The van der Waals surface area contributed by atoms with E-state index in [1.807, 2.05) is 30.5 Å². The van der Waals surface area contributed by atoms with Crippen molar-refractivity contribution in [1.82, 2.24) is 4.98 Å². The van der Waals surface area contributed by atoms with Crippen LogP contribution in [0, 0.1) is 0 Å². The molecule has 0 amide bonds. The Kier molecular flexibility index (Phi) is 2.37. The van der Waals surface area contributed by atoms with Crippen LogP contribution in [0.3, 0.4) is 0 Å². The molecule has 14 heavy (non-hydrogen) atoms. The predicted octanol–water partition coefficient (Wildman–Crippen LogP) is 2.95. The fourth-order valence-corrected chi connectivity index (χ4v) is 1.45. The Morgan fingerprint density at radius 2 is 2.14 bits per heavy atom. The van der Waals surface area contributed by atoms with Gasteiger partial charge in [0.15, 0.2) is 0 Å². The molecule has 0 aliphatic heterocycles. The summed E-state index contributed by atoms with van der Waals surface area (Å²) in [5.74, 6) is 0. The van der Waals surface area contributed by atoms with Crippen LogP contribution < -0.4 is 0 Å². The van der Waals surface area contributed by atoms with E-state index in [1.165, 1.54) is 6.08 Å². The molecule has 0 unspecified atom stereocenters. The molecule has 1 N–H and O–H groups in total. The Morgan fingerprint density at radius 1 is 1.36 bits per heavy atom. The van der Waals surface area contributed by atoms with Crippen molar-refractivity contribution in [2.45, 2.75) is 0 Å². The molecular formula is C11H8ClNO. The number of aromatic nitrogens is 1. The first kappa shape index (κ1) is 9.03. The van der Waals surface area contributed by atoms with E-state index < -0.39 is 5.24 Å². The molecule has 3 heteroatoms. The third kappa shape index (κ3) is 1.70. The molecule has 1 aromatic carbocycles. The van der Waals surface area contributed by atoms with Gasteiger partial charge in [-0.1, -0.05) is 18.2 Å². The number of hydrogen-bond donors (Lipinski definition) is 1. The summed E-state index contributed by atoms with van der Waals surface area (Å²) < 4.78 is 0.